The van der Waals surface area contributed by atoms with Crippen LogP contribution in [0.1, 0.15) is 171 Å². The highest BCUT2D eigenvalue weighted by Gasteiger charge is 2.17. The maximum absolute atomic E-state index is 12.9. The third-order valence-electron chi connectivity index (χ3n) is 8.29. The molecule has 39 heavy (non-hydrogen) atoms. The first kappa shape index (κ1) is 33.4. The molecule has 4 nitrogen and oxygen atoms in total. The molecule has 2 amide bonds. The normalized spacial score (nSPS) is 13.8. The van der Waals surface area contributed by atoms with Crippen molar-refractivity contribution in [2.24, 2.45) is 0 Å². The number of hydrogen-bond donors (Lipinski definition) is 1. The Bertz CT molecular complexity index is 755. The molecule has 4 heteroatoms. The second-order valence-electron chi connectivity index (χ2n) is 11.9. The molecule has 0 radical (unpaired) electrons. The summed E-state index contributed by atoms with van der Waals surface area (Å²) in [5, 5.41) is 3.00. The van der Waals surface area contributed by atoms with Crippen molar-refractivity contribution in [1.29, 1.82) is 0 Å². The monoisotopic (exact) mass is 540 g/mol. The van der Waals surface area contributed by atoms with Gasteiger partial charge < -0.3 is 10.2 Å². The molecule has 1 heterocycles. The molecule has 0 spiro atoms. The van der Waals surface area contributed by atoms with Gasteiger partial charge in [0, 0.05) is 30.8 Å². The van der Waals surface area contributed by atoms with Gasteiger partial charge in [-0.15, -0.1) is 0 Å². The first-order valence-corrected chi connectivity index (χ1v) is 16.9. The summed E-state index contributed by atoms with van der Waals surface area (Å²) < 4.78 is 0. The Morgan fingerprint density at radius 3 is 1.59 bits per heavy atom. The molecule has 1 aromatic rings. The minimum absolute atomic E-state index is 0.0568. The van der Waals surface area contributed by atoms with Crippen LogP contribution >= 0.6 is 0 Å². The summed E-state index contributed by atoms with van der Waals surface area (Å²) in [4.78, 5) is 27.2. The molecule has 1 aliphatic heterocycles. The SMILES string of the molecule is CCCCCCCCCCCCCCCCCCCCCC(=O)Nc1cccc(C(=O)N2CCCCCC2)c1. The first-order valence-electron chi connectivity index (χ1n) is 16.9. The molecule has 1 N–H and O–H groups in total. The van der Waals surface area contributed by atoms with E-state index < -0.39 is 0 Å². The zero-order chi connectivity index (χ0) is 27.8. The topological polar surface area (TPSA) is 49.4 Å². The fraction of sp³-hybridized carbons (Fsp3) is 0.771. The lowest BCUT2D eigenvalue weighted by atomic mass is 10.0. The Morgan fingerprint density at radius 2 is 1.10 bits per heavy atom. The van der Waals surface area contributed by atoms with Crippen LogP contribution in [0.2, 0.25) is 0 Å². The Balaban J connectivity index is 1.39. The second kappa shape index (κ2) is 22.9. The standard InChI is InChI=1S/C35H60N2O2/c1-2-3-4-5-6-7-8-9-10-11-12-13-14-15-16-17-18-19-22-28-34(38)36-33-27-25-26-32(31-33)35(39)37-29-23-20-21-24-30-37/h25-27,31H,2-24,28-30H2,1H3,(H,36,38). The highest BCUT2D eigenvalue weighted by Crippen LogP contribution is 2.18. The third kappa shape index (κ3) is 16.8. The van der Waals surface area contributed by atoms with Crippen molar-refractivity contribution < 1.29 is 9.59 Å². The van der Waals surface area contributed by atoms with Crippen molar-refractivity contribution in [3.8, 4) is 0 Å². The lowest BCUT2D eigenvalue weighted by Crippen LogP contribution is -2.31. The van der Waals surface area contributed by atoms with Crippen LogP contribution in [0.15, 0.2) is 24.3 Å². The molecule has 1 aliphatic rings. The van der Waals surface area contributed by atoms with Gasteiger partial charge in [-0.3, -0.25) is 9.59 Å². The number of nitrogens with one attached hydrogen (secondary N) is 1. The Kier molecular flexibility index (Phi) is 19.6. The molecule has 0 unspecified atom stereocenters. The largest absolute Gasteiger partial charge is 0.339 e. The molecule has 1 fully saturated rings. The van der Waals surface area contributed by atoms with Crippen molar-refractivity contribution in [1.82, 2.24) is 4.90 Å². The van der Waals surface area contributed by atoms with E-state index in [4.69, 9.17) is 0 Å². The van der Waals surface area contributed by atoms with Gasteiger partial charge in [0.05, 0.1) is 0 Å². The van der Waals surface area contributed by atoms with Gasteiger partial charge >= 0.3 is 0 Å². The first-order chi connectivity index (χ1) is 19.2. The number of amides is 2. The van der Waals surface area contributed by atoms with Gasteiger partial charge in [-0.2, -0.15) is 0 Å². The number of unbranched alkanes of at least 4 members (excludes halogenated alkanes) is 18. The van der Waals surface area contributed by atoms with Crippen LogP contribution in [0.25, 0.3) is 0 Å². The number of carbonyl (C=O) groups is 2. The Labute approximate surface area is 241 Å². The number of likely N-dealkylation sites (tertiary alicyclic amines) is 1. The highest BCUT2D eigenvalue weighted by atomic mass is 16.2. The van der Waals surface area contributed by atoms with Crippen LogP contribution in [-0.2, 0) is 4.79 Å². The smallest absolute Gasteiger partial charge is 0.253 e. The van der Waals surface area contributed by atoms with E-state index in [9.17, 15) is 9.59 Å². The molecule has 0 aromatic heterocycles. The quantitative estimate of drug-likeness (QED) is 0.149. The summed E-state index contributed by atoms with van der Waals surface area (Å²) in [5.74, 6) is 0.146. The van der Waals surface area contributed by atoms with Gasteiger partial charge in [-0.05, 0) is 37.5 Å². The number of hydrogen-bond acceptors (Lipinski definition) is 2. The predicted octanol–water partition coefficient (Wildman–Crippen LogP) is 10.5. The molecule has 1 saturated heterocycles. The molecule has 0 atom stereocenters. The van der Waals surface area contributed by atoms with Crippen molar-refractivity contribution in [3.05, 3.63) is 29.8 Å². The van der Waals surface area contributed by atoms with Crippen LogP contribution in [0.3, 0.4) is 0 Å². The summed E-state index contributed by atoms with van der Waals surface area (Å²) in [5.41, 5.74) is 1.41. The zero-order valence-electron chi connectivity index (χ0n) is 25.5. The molecule has 2 rings (SSSR count). The minimum Gasteiger partial charge on any atom is -0.339 e. The summed E-state index contributed by atoms with van der Waals surface area (Å²) in [6.07, 6.45) is 30.9. The lowest BCUT2D eigenvalue weighted by molar-refractivity contribution is -0.116. The van der Waals surface area contributed by atoms with E-state index in [-0.39, 0.29) is 11.8 Å². The van der Waals surface area contributed by atoms with Gasteiger partial charge in [0.15, 0.2) is 0 Å². The average molecular weight is 541 g/mol. The van der Waals surface area contributed by atoms with E-state index in [2.05, 4.69) is 12.2 Å². The van der Waals surface area contributed by atoms with Gasteiger partial charge in [0.25, 0.3) is 5.91 Å². The summed E-state index contributed by atoms with van der Waals surface area (Å²) in [6, 6.07) is 7.45. The van der Waals surface area contributed by atoms with Crippen LogP contribution in [0, 0.1) is 0 Å². The van der Waals surface area contributed by atoms with E-state index in [1.807, 2.05) is 29.2 Å². The van der Waals surface area contributed by atoms with Gasteiger partial charge in [0.1, 0.15) is 0 Å². The summed E-state index contributed by atoms with van der Waals surface area (Å²) >= 11 is 0. The summed E-state index contributed by atoms with van der Waals surface area (Å²) in [7, 11) is 0. The number of nitrogens with zero attached hydrogens (tertiary/aromatic N) is 1. The molecule has 0 aliphatic carbocycles. The fourth-order valence-electron chi connectivity index (χ4n) is 5.77. The second-order valence-corrected chi connectivity index (χ2v) is 11.9. The predicted molar refractivity (Wildman–Crippen MR) is 167 cm³/mol. The molecule has 0 saturated carbocycles. The molecule has 1 aromatic carbocycles. The number of rotatable bonds is 22. The summed E-state index contributed by atoms with van der Waals surface area (Å²) in [6.45, 7) is 3.97. The van der Waals surface area contributed by atoms with E-state index in [1.165, 1.54) is 122 Å². The van der Waals surface area contributed by atoms with Crippen LogP contribution in [0.5, 0.6) is 0 Å². The minimum atomic E-state index is 0.0568. The number of benzene rings is 1. The molecular weight excluding hydrogens is 480 g/mol. The van der Waals surface area contributed by atoms with Crippen LogP contribution in [-0.4, -0.2) is 29.8 Å². The van der Waals surface area contributed by atoms with Crippen LogP contribution < -0.4 is 5.32 Å². The number of anilines is 1. The van der Waals surface area contributed by atoms with E-state index in [0.717, 1.165) is 44.5 Å². The van der Waals surface area contributed by atoms with Crippen molar-refractivity contribution in [3.63, 3.8) is 0 Å². The fourth-order valence-corrected chi connectivity index (χ4v) is 5.77. The lowest BCUT2D eigenvalue weighted by Gasteiger charge is -2.20. The van der Waals surface area contributed by atoms with Crippen LogP contribution in [0.4, 0.5) is 5.69 Å². The van der Waals surface area contributed by atoms with E-state index in [1.54, 1.807) is 0 Å². The average Bonchev–Trinajstić information content (AvgIpc) is 3.24. The molecular formula is C35H60N2O2. The number of carbonyl (C=O) groups excluding carboxylic acids is 2. The molecule has 0 bridgehead atoms. The van der Waals surface area contributed by atoms with Gasteiger partial charge in [0.2, 0.25) is 5.91 Å². The van der Waals surface area contributed by atoms with Crippen molar-refractivity contribution in [2.45, 2.75) is 161 Å². The van der Waals surface area contributed by atoms with Crippen molar-refractivity contribution >= 4 is 17.5 Å². The maximum atomic E-state index is 12.9. The Hall–Kier alpha value is -1.84. The van der Waals surface area contributed by atoms with Gasteiger partial charge in [-0.25, -0.2) is 0 Å². The Morgan fingerprint density at radius 1 is 0.641 bits per heavy atom. The zero-order valence-corrected chi connectivity index (χ0v) is 25.5. The third-order valence-corrected chi connectivity index (χ3v) is 8.29. The maximum Gasteiger partial charge on any atom is 0.253 e. The highest BCUT2D eigenvalue weighted by molar-refractivity contribution is 5.97. The van der Waals surface area contributed by atoms with E-state index >= 15 is 0 Å². The van der Waals surface area contributed by atoms with Crippen molar-refractivity contribution in [2.75, 3.05) is 18.4 Å². The van der Waals surface area contributed by atoms with E-state index in [0.29, 0.717) is 12.0 Å². The van der Waals surface area contributed by atoms with Gasteiger partial charge in [-0.1, -0.05) is 141 Å². The molecule has 222 valence electrons.